The normalized spacial score (nSPS) is 10.3. The van der Waals surface area contributed by atoms with Crippen molar-refractivity contribution in [3.8, 4) is 0 Å². The summed E-state index contributed by atoms with van der Waals surface area (Å²) in [7, 11) is 0. The number of non-ortho nitro benzene ring substituents is 1. The monoisotopic (exact) mass is 351 g/mol. The molecule has 7 heteroatoms. The number of furan rings is 1. The molecule has 1 heterocycles. The number of urea groups is 1. The highest BCUT2D eigenvalue weighted by Crippen LogP contribution is 2.19. The standard InChI is InChI=1S/C19H17N3O4/c23-19(20-16-8-4-9-17(12-16)22(24)25)21(14-18-10-5-11-26-18)13-15-6-2-1-3-7-15/h1-12H,13-14H2,(H,20,23). The average Bonchev–Trinajstić information content (AvgIpc) is 3.15. The lowest BCUT2D eigenvalue weighted by Crippen LogP contribution is -2.34. The molecule has 7 nitrogen and oxygen atoms in total. The summed E-state index contributed by atoms with van der Waals surface area (Å²) in [5.41, 5.74) is 1.25. The van der Waals surface area contributed by atoms with Crippen LogP contribution in [0.1, 0.15) is 11.3 Å². The Morgan fingerprint density at radius 1 is 1.04 bits per heavy atom. The molecule has 0 fully saturated rings. The Kier molecular flexibility index (Phi) is 5.28. The van der Waals surface area contributed by atoms with E-state index >= 15 is 0 Å². The second-order valence-electron chi connectivity index (χ2n) is 5.66. The largest absolute Gasteiger partial charge is 0.467 e. The number of amides is 2. The molecule has 0 saturated carbocycles. The van der Waals surface area contributed by atoms with Gasteiger partial charge in [-0.05, 0) is 23.8 Å². The maximum Gasteiger partial charge on any atom is 0.322 e. The summed E-state index contributed by atoms with van der Waals surface area (Å²) < 4.78 is 5.34. The number of hydrogen-bond donors (Lipinski definition) is 1. The number of hydrogen-bond acceptors (Lipinski definition) is 4. The minimum Gasteiger partial charge on any atom is -0.467 e. The van der Waals surface area contributed by atoms with E-state index in [0.29, 0.717) is 18.0 Å². The van der Waals surface area contributed by atoms with Crippen molar-refractivity contribution in [3.63, 3.8) is 0 Å². The summed E-state index contributed by atoms with van der Waals surface area (Å²) in [6.45, 7) is 0.658. The smallest absolute Gasteiger partial charge is 0.322 e. The minimum absolute atomic E-state index is 0.0801. The van der Waals surface area contributed by atoms with Crippen molar-refractivity contribution in [3.05, 3.63) is 94.4 Å². The Bertz CT molecular complexity index is 879. The number of nitrogens with one attached hydrogen (secondary N) is 1. The number of anilines is 1. The van der Waals surface area contributed by atoms with Crippen molar-refractivity contribution in [1.29, 1.82) is 0 Å². The van der Waals surface area contributed by atoms with E-state index in [0.717, 1.165) is 5.56 Å². The molecule has 0 atom stereocenters. The van der Waals surface area contributed by atoms with Crippen LogP contribution in [0.3, 0.4) is 0 Å². The molecule has 0 aliphatic carbocycles. The zero-order valence-electron chi connectivity index (χ0n) is 13.9. The van der Waals surface area contributed by atoms with Crippen LogP contribution in [0.25, 0.3) is 0 Å². The number of carbonyl (C=O) groups is 1. The van der Waals surface area contributed by atoms with Crippen LogP contribution in [0, 0.1) is 10.1 Å². The van der Waals surface area contributed by atoms with Crippen molar-refractivity contribution < 1.29 is 14.1 Å². The predicted molar refractivity (Wildman–Crippen MR) is 96.5 cm³/mol. The van der Waals surface area contributed by atoms with Gasteiger partial charge in [-0.2, -0.15) is 0 Å². The first-order valence-electron chi connectivity index (χ1n) is 7.98. The third-order valence-electron chi connectivity index (χ3n) is 3.74. The van der Waals surface area contributed by atoms with Crippen molar-refractivity contribution >= 4 is 17.4 Å². The minimum atomic E-state index is -0.500. The van der Waals surface area contributed by atoms with Crippen molar-refractivity contribution in [2.75, 3.05) is 5.32 Å². The molecule has 3 aromatic rings. The third-order valence-corrected chi connectivity index (χ3v) is 3.74. The molecule has 0 bridgehead atoms. The summed E-state index contributed by atoms with van der Waals surface area (Å²) >= 11 is 0. The van der Waals surface area contributed by atoms with Crippen LogP contribution in [0.5, 0.6) is 0 Å². The highest BCUT2D eigenvalue weighted by atomic mass is 16.6. The van der Waals surface area contributed by atoms with E-state index in [1.807, 2.05) is 30.3 Å². The maximum atomic E-state index is 12.7. The molecule has 0 aliphatic heterocycles. The number of carbonyl (C=O) groups excluding carboxylic acids is 1. The SMILES string of the molecule is O=C(Nc1cccc([N+](=O)[O-])c1)N(Cc1ccccc1)Cc1ccco1. The van der Waals surface area contributed by atoms with Gasteiger partial charge in [0.05, 0.1) is 17.7 Å². The number of nitrogens with zero attached hydrogens (tertiary/aromatic N) is 2. The van der Waals surface area contributed by atoms with Crippen LogP contribution in [0.15, 0.2) is 77.4 Å². The topological polar surface area (TPSA) is 88.6 Å². The second-order valence-corrected chi connectivity index (χ2v) is 5.66. The van der Waals surface area contributed by atoms with Gasteiger partial charge in [-0.1, -0.05) is 36.4 Å². The molecule has 26 heavy (non-hydrogen) atoms. The lowest BCUT2D eigenvalue weighted by Gasteiger charge is -2.22. The van der Waals surface area contributed by atoms with Gasteiger partial charge in [-0.15, -0.1) is 0 Å². The molecule has 0 spiro atoms. The third kappa shape index (κ3) is 4.47. The fourth-order valence-electron chi connectivity index (χ4n) is 2.49. The number of nitro groups is 1. The molecule has 2 aromatic carbocycles. The van der Waals surface area contributed by atoms with Gasteiger partial charge in [0.15, 0.2) is 0 Å². The Labute approximate surface area is 150 Å². The molecule has 1 aromatic heterocycles. The lowest BCUT2D eigenvalue weighted by atomic mass is 10.2. The van der Waals surface area contributed by atoms with Crippen LogP contribution >= 0.6 is 0 Å². The lowest BCUT2D eigenvalue weighted by molar-refractivity contribution is -0.384. The zero-order chi connectivity index (χ0) is 18.4. The van der Waals surface area contributed by atoms with E-state index in [4.69, 9.17) is 4.42 Å². The summed E-state index contributed by atoms with van der Waals surface area (Å²) in [6, 6.07) is 18.6. The van der Waals surface area contributed by atoms with E-state index < -0.39 is 4.92 Å². The Balaban J connectivity index is 1.77. The zero-order valence-corrected chi connectivity index (χ0v) is 13.9. The van der Waals surface area contributed by atoms with Gasteiger partial charge in [-0.3, -0.25) is 10.1 Å². The number of nitro benzene ring substituents is 1. The summed E-state index contributed by atoms with van der Waals surface area (Å²) in [5, 5.41) is 13.6. The van der Waals surface area contributed by atoms with Gasteiger partial charge in [0.1, 0.15) is 5.76 Å². The highest BCUT2D eigenvalue weighted by molar-refractivity contribution is 5.89. The molecule has 0 saturated heterocycles. The number of rotatable bonds is 6. The molecule has 0 unspecified atom stereocenters. The van der Waals surface area contributed by atoms with Crippen LogP contribution < -0.4 is 5.32 Å². The molecule has 0 radical (unpaired) electrons. The van der Waals surface area contributed by atoms with Gasteiger partial charge in [0.25, 0.3) is 5.69 Å². The van der Waals surface area contributed by atoms with Gasteiger partial charge >= 0.3 is 6.03 Å². The molecule has 1 N–H and O–H groups in total. The molecule has 3 rings (SSSR count). The van der Waals surface area contributed by atoms with Gasteiger partial charge in [0, 0.05) is 24.4 Å². The molecule has 132 valence electrons. The van der Waals surface area contributed by atoms with Gasteiger partial charge in [-0.25, -0.2) is 4.79 Å². The molecular weight excluding hydrogens is 334 g/mol. The van der Waals surface area contributed by atoms with E-state index in [1.165, 1.54) is 18.2 Å². The first-order chi connectivity index (χ1) is 12.6. The van der Waals surface area contributed by atoms with E-state index in [1.54, 1.807) is 29.4 Å². The fraction of sp³-hybridized carbons (Fsp3) is 0.105. The first kappa shape index (κ1) is 17.2. The number of benzene rings is 2. The van der Waals surface area contributed by atoms with Crippen molar-refractivity contribution in [1.82, 2.24) is 4.90 Å². The van der Waals surface area contributed by atoms with Crippen LogP contribution in [0.2, 0.25) is 0 Å². The molecular formula is C19H17N3O4. The van der Waals surface area contributed by atoms with Gasteiger partial charge < -0.3 is 14.6 Å². The highest BCUT2D eigenvalue weighted by Gasteiger charge is 2.17. The van der Waals surface area contributed by atoms with E-state index in [9.17, 15) is 14.9 Å². The summed E-state index contributed by atoms with van der Waals surface area (Å²) in [6.07, 6.45) is 1.55. The Hall–Kier alpha value is -3.61. The molecule has 0 aliphatic rings. The van der Waals surface area contributed by atoms with Gasteiger partial charge in [0.2, 0.25) is 0 Å². The predicted octanol–water partition coefficient (Wildman–Crippen LogP) is 4.42. The van der Waals surface area contributed by atoms with Crippen LogP contribution in [-0.4, -0.2) is 15.9 Å². The van der Waals surface area contributed by atoms with E-state index in [-0.39, 0.29) is 18.3 Å². The Morgan fingerprint density at radius 2 is 1.85 bits per heavy atom. The average molecular weight is 351 g/mol. The molecule has 2 amide bonds. The van der Waals surface area contributed by atoms with Crippen molar-refractivity contribution in [2.45, 2.75) is 13.1 Å². The second kappa shape index (κ2) is 7.98. The van der Waals surface area contributed by atoms with Crippen LogP contribution in [0.4, 0.5) is 16.2 Å². The van der Waals surface area contributed by atoms with Crippen molar-refractivity contribution in [2.24, 2.45) is 0 Å². The summed E-state index contributed by atoms with van der Waals surface area (Å²) in [5.74, 6) is 0.648. The Morgan fingerprint density at radius 3 is 2.54 bits per heavy atom. The fourth-order valence-corrected chi connectivity index (χ4v) is 2.49. The summed E-state index contributed by atoms with van der Waals surface area (Å²) in [4.78, 5) is 24.7. The first-order valence-corrected chi connectivity index (χ1v) is 7.98. The van der Waals surface area contributed by atoms with Crippen LogP contribution in [-0.2, 0) is 13.1 Å². The maximum absolute atomic E-state index is 12.7. The van der Waals surface area contributed by atoms with E-state index in [2.05, 4.69) is 5.32 Å². The quantitative estimate of drug-likeness (QED) is 0.526.